The van der Waals surface area contributed by atoms with Crippen molar-refractivity contribution in [2.24, 2.45) is 0 Å². The van der Waals surface area contributed by atoms with Crippen molar-refractivity contribution in [3.8, 4) is 0 Å². The molecule has 1 aliphatic rings. The maximum atomic E-state index is 12.1. The molecule has 5 N–H and O–H groups in total. The van der Waals surface area contributed by atoms with Crippen LogP contribution in [0.4, 0.5) is 0 Å². The fraction of sp³-hybridized carbons (Fsp3) is 0.588. The number of benzene rings is 1. The first-order valence-electron chi connectivity index (χ1n) is 8.18. The van der Waals surface area contributed by atoms with E-state index in [1.54, 1.807) is 24.3 Å². The maximum Gasteiger partial charge on any atom is 0.251 e. The summed E-state index contributed by atoms with van der Waals surface area (Å²) in [6.07, 6.45) is -4.26. The van der Waals surface area contributed by atoms with Crippen molar-refractivity contribution in [3.63, 3.8) is 0 Å². The number of aliphatic hydroxyl groups is 4. The Bertz CT molecular complexity index is 550. The highest BCUT2D eigenvalue weighted by atomic mass is 16.5. The highest BCUT2D eigenvalue weighted by Crippen LogP contribution is 2.32. The van der Waals surface area contributed by atoms with Gasteiger partial charge in [0.2, 0.25) is 0 Å². The van der Waals surface area contributed by atoms with Gasteiger partial charge in [-0.15, -0.1) is 0 Å². The molecule has 5 atom stereocenters. The van der Waals surface area contributed by atoms with Crippen LogP contribution in [-0.4, -0.2) is 63.9 Å². The van der Waals surface area contributed by atoms with Crippen LogP contribution in [0.25, 0.3) is 0 Å². The van der Waals surface area contributed by atoms with Crippen LogP contribution in [0.2, 0.25) is 0 Å². The molecule has 0 spiro atoms. The largest absolute Gasteiger partial charge is 0.394 e. The first-order chi connectivity index (χ1) is 11.5. The summed E-state index contributed by atoms with van der Waals surface area (Å²) in [5, 5.41) is 41.9. The molecule has 7 nitrogen and oxygen atoms in total. The lowest BCUT2D eigenvalue weighted by Gasteiger charge is -2.40. The molecule has 2 rings (SSSR count). The number of nitrogens with one attached hydrogen (secondary N) is 1. The number of unbranched alkanes of at least 4 members (excludes halogenated alkanes) is 1. The summed E-state index contributed by atoms with van der Waals surface area (Å²) in [5.41, 5.74) is 0.913. The monoisotopic (exact) mass is 339 g/mol. The lowest BCUT2D eigenvalue weighted by atomic mass is 9.90. The quantitative estimate of drug-likeness (QED) is 0.455. The molecule has 1 aromatic rings. The van der Waals surface area contributed by atoms with Gasteiger partial charge in [0.1, 0.15) is 30.5 Å². The van der Waals surface area contributed by atoms with Crippen LogP contribution < -0.4 is 5.32 Å². The van der Waals surface area contributed by atoms with Gasteiger partial charge in [0.05, 0.1) is 6.61 Å². The summed E-state index contributed by atoms with van der Waals surface area (Å²) in [5.74, 6) is -0.227. The van der Waals surface area contributed by atoms with Crippen molar-refractivity contribution in [1.82, 2.24) is 5.32 Å². The molecular weight excluding hydrogens is 314 g/mol. The molecule has 24 heavy (non-hydrogen) atoms. The van der Waals surface area contributed by atoms with Crippen molar-refractivity contribution in [1.29, 1.82) is 0 Å². The molecule has 7 heteroatoms. The lowest BCUT2D eigenvalue weighted by molar-refractivity contribution is -0.231. The molecule has 1 saturated heterocycles. The van der Waals surface area contributed by atoms with Gasteiger partial charge in [0.15, 0.2) is 0 Å². The Labute approximate surface area is 140 Å². The van der Waals surface area contributed by atoms with Gasteiger partial charge in [-0.3, -0.25) is 4.79 Å². The van der Waals surface area contributed by atoms with E-state index in [0.29, 0.717) is 17.7 Å². The van der Waals surface area contributed by atoms with Gasteiger partial charge in [-0.2, -0.15) is 0 Å². The van der Waals surface area contributed by atoms with E-state index in [4.69, 9.17) is 4.74 Å². The van der Waals surface area contributed by atoms with Gasteiger partial charge in [-0.1, -0.05) is 25.5 Å². The Morgan fingerprint density at radius 1 is 1.21 bits per heavy atom. The summed E-state index contributed by atoms with van der Waals surface area (Å²) < 4.78 is 5.51. The molecule has 134 valence electrons. The topological polar surface area (TPSA) is 119 Å². The number of hydrogen-bond acceptors (Lipinski definition) is 6. The van der Waals surface area contributed by atoms with E-state index in [2.05, 4.69) is 5.32 Å². The smallest absolute Gasteiger partial charge is 0.251 e. The average Bonchev–Trinajstić information content (AvgIpc) is 2.60. The first-order valence-corrected chi connectivity index (χ1v) is 8.18. The second kappa shape index (κ2) is 8.55. The van der Waals surface area contributed by atoms with Gasteiger partial charge in [-0.25, -0.2) is 0 Å². The highest BCUT2D eigenvalue weighted by molar-refractivity contribution is 5.94. The van der Waals surface area contributed by atoms with Crippen LogP contribution in [0.3, 0.4) is 0 Å². The Morgan fingerprint density at radius 2 is 1.96 bits per heavy atom. The molecule has 0 bridgehead atoms. The van der Waals surface area contributed by atoms with E-state index in [0.717, 1.165) is 12.8 Å². The lowest BCUT2D eigenvalue weighted by Crippen LogP contribution is -2.55. The number of carbonyl (C=O) groups excluding carboxylic acids is 1. The highest BCUT2D eigenvalue weighted by Gasteiger charge is 2.43. The predicted molar refractivity (Wildman–Crippen MR) is 86.4 cm³/mol. The second-order valence-electron chi connectivity index (χ2n) is 5.98. The minimum Gasteiger partial charge on any atom is -0.394 e. The number of carbonyl (C=O) groups is 1. The fourth-order valence-electron chi connectivity index (χ4n) is 2.71. The molecule has 1 aliphatic heterocycles. The predicted octanol–water partition coefficient (Wildman–Crippen LogP) is -0.269. The summed E-state index contributed by atoms with van der Waals surface area (Å²) in [6, 6.07) is 6.55. The normalized spacial score (nSPS) is 30.1. The van der Waals surface area contributed by atoms with E-state index < -0.39 is 37.1 Å². The van der Waals surface area contributed by atoms with Crippen LogP contribution in [-0.2, 0) is 4.74 Å². The first kappa shape index (κ1) is 18.8. The van der Waals surface area contributed by atoms with E-state index in [1.807, 2.05) is 6.92 Å². The summed E-state index contributed by atoms with van der Waals surface area (Å²) in [6.45, 7) is 2.13. The van der Waals surface area contributed by atoms with Crippen molar-refractivity contribution in [2.45, 2.75) is 50.3 Å². The van der Waals surface area contributed by atoms with Crippen molar-refractivity contribution >= 4 is 5.91 Å². The van der Waals surface area contributed by atoms with Crippen LogP contribution in [0.5, 0.6) is 0 Å². The molecule has 1 heterocycles. The number of hydrogen-bond donors (Lipinski definition) is 5. The number of rotatable bonds is 6. The second-order valence-corrected chi connectivity index (χ2v) is 5.98. The molecule has 0 aliphatic carbocycles. The molecule has 0 aromatic heterocycles. The third-order valence-electron chi connectivity index (χ3n) is 4.19. The summed E-state index contributed by atoms with van der Waals surface area (Å²) in [7, 11) is 0. The molecule has 1 aromatic carbocycles. The Morgan fingerprint density at radius 3 is 2.62 bits per heavy atom. The maximum absolute atomic E-state index is 12.1. The molecule has 0 saturated carbocycles. The number of aliphatic hydroxyl groups excluding tert-OH is 4. The van der Waals surface area contributed by atoms with Crippen LogP contribution in [0, 0.1) is 0 Å². The molecule has 0 unspecified atom stereocenters. The zero-order chi connectivity index (χ0) is 17.7. The third-order valence-corrected chi connectivity index (χ3v) is 4.19. The zero-order valence-electron chi connectivity index (χ0n) is 13.6. The van der Waals surface area contributed by atoms with E-state index >= 15 is 0 Å². The number of amides is 1. The zero-order valence-corrected chi connectivity index (χ0v) is 13.6. The van der Waals surface area contributed by atoms with Gasteiger partial charge in [0.25, 0.3) is 5.91 Å². The van der Waals surface area contributed by atoms with Crippen LogP contribution in [0.1, 0.15) is 41.8 Å². The molecule has 1 amide bonds. The molecule has 1 fully saturated rings. The fourth-order valence-corrected chi connectivity index (χ4v) is 2.71. The minimum atomic E-state index is -1.44. The van der Waals surface area contributed by atoms with E-state index in [9.17, 15) is 25.2 Å². The van der Waals surface area contributed by atoms with Crippen LogP contribution in [0.15, 0.2) is 24.3 Å². The third kappa shape index (κ3) is 4.12. The number of ether oxygens (including phenoxy) is 1. The molecular formula is C17H25NO6. The molecule has 0 radical (unpaired) electrons. The van der Waals surface area contributed by atoms with Crippen molar-refractivity contribution in [3.05, 3.63) is 35.4 Å². The van der Waals surface area contributed by atoms with Crippen molar-refractivity contribution < 1.29 is 30.0 Å². The van der Waals surface area contributed by atoms with E-state index in [-0.39, 0.29) is 5.91 Å². The van der Waals surface area contributed by atoms with Crippen molar-refractivity contribution in [2.75, 3.05) is 13.2 Å². The average molecular weight is 339 g/mol. The van der Waals surface area contributed by atoms with Gasteiger partial charge in [0, 0.05) is 12.1 Å². The van der Waals surface area contributed by atoms with E-state index in [1.165, 1.54) is 0 Å². The van der Waals surface area contributed by atoms with Gasteiger partial charge < -0.3 is 30.5 Å². The SMILES string of the molecule is CCCCNC(=O)c1cccc([C@H]2O[C@H](CO)[C@@H](O)[C@H](O)[C@H]2O)c1. The minimum absolute atomic E-state index is 0.227. The summed E-state index contributed by atoms with van der Waals surface area (Å²) in [4.78, 5) is 12.1. The Balaban J connectivity index is 2.16. The van der Waals surface area contributed by atoms with Gasteiger partial charge >= 0.3 is 0 Å². The Kier molecular flexibility index (Phi) is 6.70. The van der Waals surface area contributed by atoms with Crippen LogP contribution >= 0.6 is 0 Å². The van der Waals surface area contributed by atoms with Gasteiger partial charge in [-0.05, 0) is 24.1 Å². The Hall–Kier alpha value is -1.51. The standard InChI is InChI=1S/C17H25NO6/c1-2-3-7-18-17(23)11-6-4-5-10(8-11)16-15(22)14(21)13(20)12(9-19)24-16/h4-6,8,12-16,19-22H,2-3,7,9H2,1H3,(H,18,23)/t12-,13-,14+,15-,16-/m1/s1. The summed E-state index contributed by atoms with van der Waals surface area (Å²) >= 11 is 0.